The lowest BCUT2D eigenvalue weighted by atomic mass is 9.98. The number of nitrogens with zero attached hydrogens (tertiary/aromatic N) is 1. The maximum Gasteiger partial charge on any atom is 0.317 e. The van der Waals surface area contributed by atoms with Crippen LogP contribution in [0.3, 0.4) is 0 Å². The molecule has 1 aliphatic rings. The van der Waals surface area contributed by atoms with Gasteiger partial charge in [0.2, 0.25) is 0 Å². The second-order valence-corrected chi connectivity index (χ2v) is 5.53. The predicted octanol–water partition coefficient (Wildman–Crippen LogP) is 0.612. The number of fused-ring (bicyclic) bond motifs is 1. The topological polar surface area (TPSA) is 114 Å². The minimum atomic E-state index is -0.968. The van der Waals surface area contributed by atoms with Gasteiger partial charge in [-0.05, 0) is 32.2 Å². The second kappa shape index (κ2) is 8.08. The van der Waals surface area contributed by atoms with Crippen molar-refractivity contribution in [3.05, 3.63) is 10.6 Å². The van der Waals surface area contributed by atoms with Crippen LogP contribution in [0.4, 0.5) is 5.13 Å². The zero-order chi connectivity index (χ0) is 14.3. The third-order valence-corrected chi connectivity index (χ3v) is 3.76. The number of thiazole rings is 1. The Morgan fingerprint density at radius 1 is 1.63 bits per heavy atom. The summed E-state index contributed by atoms with van der Waals surface area (Å²) in [6.45, 7) is 3.04. The standard InChI is InChI=1S/C10H17N3S.C2H5NO2/c1-2-5-12-7-3-4-8-9(6-7)14-10(11)13-8;3-1-2(4)5/h7,12H,2-6H2,1H3,(H2,11,13);1,3H2,(H,4,5)/t7-;/m0./s1. The van der Waals surface area contributed by atoms with Crippen LogP contribution in [0, 0.1) is 0 Å². The first-order valence-electron chi connectivity index (χ1n) is 6.46. The number of nitrogens with two attached hydrogens (primary N) is 2. The first-order valence-corrected chi connectivity index (χ1v) is 7.27. The fourth-order valence-electron chi connectivity index (χ4n) is 1.92. The van der Waals surface area contributed by atoms with Gasteiger partial charge in [0.25, 0.3) is 0 Å². The molecule has 0 aliphatic heterocycles. The highest BCUT2D eigenvalue weighted by Crippen LogP contribution is 2.27. The summed E-state index contributed by atoms with van der Waals surface area (Å²) in [6, 6.07) is 0.641. The molecule has 6 N–H and O–H groups in total. The molecule has 0 fully saturated rings. The lowest BCUT2D eigenvalue weighted by Crippen LogP contribution is -2.34. The third-order valence-electron chi connectivity index (χ3n) is 2.81. The fraction of sp³-hybridized carbons (Fsp3) is 0.667. The first kappa shape index (κ1) is 15.9. The van der Waals surface area contributed by atoms with Gasteiger partial charge in [0.1, 0.15) is 0 Å². The van der Waals surface area contributed by atoms with Gasteiger partial charge in [-0.2, -0.15) is 0 Å². The summed E-state index contributed by atoms with van der Waals surface area (Å²) in [7, 11) is 0. The van der Waals surface area contributed by atoms with Crippen LogP contribution in [-0.4, -0.2) is 35.2 Å². The highest BCUT2D eigenvalue weighted by molar-refractivity contribution is 7.15. The van der Waals surface area contributed by atoms with Crippen LogP contribution in [0.25, 0.3) is 0 Å². The van der Waals surface area contributed by atoms with Crippen LogP contribution in [0.1, 0.15) is 30.3 Å². The molecule has 7 heteroatoms. The molecule has 0 saturated heterocycles. The van der Waals surface area contributed by atoms with Gasteiger partial charge >= 0.3 is 5.97 Å². The minimum Gasteiger partial charge on any atom is -0.480 e. The van der Waals surface area contributed by atoms with Crippen molar-refractivity contribution < 1.29 is 9.90 Å². The van der Waals surface area contributed by atoms with Gasteiger partial charge < -0.3 is 21.9 Å². The van der Waals surface area contributed by atoms with Gasteiger partial charge in [-0.1, -0.05) is 6.92 Å². The summed E-state index contributed by atoms with van der Waals surface area (Å²) in [5.74, 6) is -0.968. The molecule has 1 aromatic heterocycles. The number of aromatic nitrogens is 1. The molecule has 6 nitrogen and oxygen atoms in total. The summed E-state index contributed by atoms with van der Waals surface area (Å²) in [6.07, 6.45) is 4.61. The fourth-order valence-corrected chi connectivity index (χ4v) is 2.88. The Kier molecular flexibility index (Phi) is 6.75. The number of carboxylic acid groups (broad SMARTS) is 1. The van der Waals surface area contributed by atoms with E-state index in [1.807, 2.05) is 0 Å². The number of aliphatic carboxylic acids is 1. The van der Waals surface area contributed by atoms with Crippen molar-refractivity contribution in [1.29, 1.82) is 0 Å². The smallest absolute Gasteiger partial charge is 0.317 e. The summed E-state index contributed by atoms with van der Waals surface area (Å²) in [5.41, 5.74) is 11.5. The van der Waals surface area contributed by atoms with Crippen LogP contribution >= 0.6 is 11.3 Å². The normalized spacial score (nSPS) is 17.3. The number of nitrogen functional groups attached to an aromatic ring is 1. The average molecular weight is 286 g/mol. The second-order valence-electron chi connectivity index (χ2n) is 4.41. The van der Waals surface area contributed by atoms with Gasteiger partial charge in [0.05, 0.1) is 12.2 Å². The molecular formula is C12H22N4O2S. The zero-order valence-corrected chi connectivity index (χ0v) is 12.0. The molecule has 1 aromatic rings. The van der Waals surface area contributed by atoms with Crippen molar-refractivity contribution in [2.24, 2.45) is 5.73 Å². The zero-order valence-electron chi connectivity index (χ0n) is 11.2. The molecule has 1 aliphatic carbocycles. The van der Waals surface area contributed by atoms with E-state index in [2.05, 4.69) is 23.0 Å². The van der Waals surface area contributed by atoms with Crippen LogP contribution in [0.2, 0.25) is 0 Å². The Morgan fingerprint density at radius 3 is 2.89 bits per heavy atom. The number of rotatable bonds is 4. The van der Waals surface area contributed by atoms with Crippen LogP contribution in [0.5, 0.6) is 0 Å². The number of nitrogens with one attached hydrogen (secondary N) is 1. The van der Waals surface area contributed by atoms with Crippen molar-refractivity contribution in [1.82, 2.24) is 10.3 Å². The molecule has 1 atom stereocenters. The van der Waals surface area contributed by atoms with Crippen LogP contribution in [-0.2, 0) is 17.6 Å². The largest absolute Gasteiger partial charge is 0.480 e. The molecular weight excluding hydrogens is 264 g/mol. The molecule has 0 unspecified atom stereocenters. The maximum absolute atomic E-state index is 9.24. The highest BCUT2D eigenvalue weighted by atomic mass is 32.1. The Hall–Kier alpha value is -1.18. The van der Waals surface area contributed by atoms with Crippen molar-refractivity contribution in [2.45, 2.75) is 38.6 Å². The van der Waals surface area contributed by atoms with Crippen molar-refractivity contribution in [3.63, 3.8) is 0 Å². The Labute approximate surface area is 117 Å². The van der Waals surface area contributed by atoms with E-state index in [9.17, 15) is 4.79 Å². The lowest BCUT2D eigenvalue weighted by molar-refractivity contribution is -0.135. The quantitative estimate of drug-likeness (QED) is 0.645. The van der Waals surface area contributed by atoms with Crippen molar-refractivity contribution in [3.8, 4) is 0 Å². The predicted molar refractivity (Wildman–Crippen MR) is 77.3 cm³/mol. The summed E-state index contributed by atoms with van der Waals surface area (Å²) in [5, 5.41) is 11.9. The van der Waals surface area contributed by atoms with E-state index in [4.69, 9.17) is 10.8 Å². The molecule has 108 valence electrons. The van der Waals surface area contributed by atoms with Crippen molar-refractivity contribution in [2.75, 3.05) is 18.8 Å². The first-order chi connectivity index (χ1) is 9.06. The molecule has 0 aromatic carbocycles. The molecule has 0 spiro atoms. The van der Waals surface area contributed by atoms with E-state index < -0.39 is 5.97 Å². The number of hydrogen-bond donors (Lipinski definition) is 4. The Balaban J connectivity index is 0.000000312. The summed E-state index contributed by atoms with van der Waals surface area (Å²) in [4.78, 5) is 15.0. The Bertz CT molecular complexity index is 408. The number of carbonyl (C=O) groups is 1. The average Bonchev–Trinajstić information content (AvgIpc) is 2.76. The SMILES string of the molecule is CCCN[C@H]1CCc2nc(N)sc2C1.NCC(=O)O. The molecule has 19 heavy (non-hydrogen) atoms. The van der Waals surface area contributed by atoms with E-state index >= 15 is 0 Å². The van der Waals surface area contributed by atoms with E-state index in [-0.39, 0.29) is 6.54 Å². The highest BCUT2D eigenvalue weighted by Gasteiger charge is 2.21. The Morgan fingerprint density at radius 2 is 2.32 bits per heavy atom. The number of hydrogen-bond acceptors (Lipinski definition) is 6. The molecule has 0 saturated carbocycles. The van der Waals surface area contributed by atoms with E-state index in [0.29, 0.717) is 6.04 Å². The molecule has 0 bridgehead atoms. The molecule has 0 amide bonds. The van der Waals surface area contributed by atoms with Crippen LogP contribution < -0.4 is 16.8 Å². The van der Waals surface area contributed by atoms with Gasteiger partial charge in [-0.25, -0.2) is 4.98 Å². The van der Waals surface area contributed by atoms with Gasteiger partial charge in [-0.3, -0.25) is 4.79 Å². The van der Waals surface area contributed by atoms with Gasteiger partial charge in [0, 0.05) is 10.9 Å². The lowest BCUT2D eigenvalue weighted by Gasteiger charge is -2.21. The van der Waals surface area contributed by atoms with Crippen LogP contribution in [0.15, 0.2) is 0 Å². The third kappa shape index (κ3) is 5.54. The number of carboxylic acids is 1. The monoisotopic (exact) mass is 286 g/mol. The summed E-state index contributed by atoms with van der Waals surface area (Å²) < 4.78 is 0. The summed E-state index contributed by atoms with van der Waals surface area (Å²) >= 11 is 1.65. The number of anilines is 1. The van der Waals surface area contributed by atoms with Crippen molar-refractivity contribution >= 4 is 22.4 Å². The van der Waals surface area contributed by atoms with E-state index in [1.165, 1.54) is 23.4 Å². The van der Waals surface area contributed by atoms with E-state index in [0.717, 1.165) is 24.5 Å². The minimum absolute atomic E-state index is 0.278. The van der Waals surface area contributed by atoms with Gasteiger partial charge in [0.15, 0.2) is 5.13 Å². The molecule has 1 heterocycles. The molecule has 2 rings (SSSR count). The van der Waals surface area contributed by atoms with Gasteiger partial charge in [-0.15, -0.1) is 11.3 Å². The number of aryl methyl sites for hydroxylation is 1. The maximum atomic E-state index is 9.24. The van der Waals surface area contributed by atoms with E-state index in [1.54, 1.807) is 11.3 Å². The molecule has 0 radical (unpaired) electrons.